The number of hydrogen-bond donors (Lipinski definition) is 1. The van der Waals surface area contributed by atoms with Crippen LogP contribution < -0.4 is 14.8 Å². The van der Waals surface area contributed by atoms with Crippen molar-refractivity contribution in [1.29, 1.82) is 0 Å². The van der Waals surface area contributed by atoms with Crippen molar-refractivity contribution >= 4 is 17.7 Å². The number of hydrogen-bond acceptors (Lipinski definition) is 7. The number of nitrogens with zero attached hydrogens (tertiary/aromatic N) is 1. The zero-order valence-corrected chi connectivity index (χ0v) is 13.8. The van der Waals surface area contributed by atoms with E-state index in [1.165, 1.54) is 21.1 Å². The average molecular weight is 334 g/mol. The zero-order chi connectivity index (χ0) is 17.7. The quantitative estimate of drug-likeness (QED) is 0.808. The van der Waals surface area contributed by atoms with Gasteiger partial charge in [-0.05, 0) is 26.0 Å². The van der Waals surface area contributed by atoms with E-state index in [0.717, 1.165) is 0 Å². The summed E-state index contributed by atoms with van der Waals surface area (Å²) in [5, 5.41) is 6.14. The molecule has 1 heterocycles. The minimum Gasteiger partial charge on any atom is -0.496 e. The Morgan fingerprint density at radius 2 is 1.83 bits per heavy atom. The molecule has 8 nitrogen and oxygen atoms in total. The number of benzene rings is 1. The van der Waals surface area contributed by atoms with Gasteiger partial charge in [-0.2, -0.15) is 0 Å². The van der Waals surface area contributed by atoms with Gasteiger partial charge in [0.25, 0.3) is 5.91 Å². The summed E-state index contributed by atoms with van der Waals surface area (Å²) in [6, 6.07) is 6.43. The van der Waals surface area contributed by atoms with Crippen LogP contribution in [-0.4, -0.2) is 37.4 Å². The van der Waals surface area contributed by atoms with Crippen LogP contribution in [0, 0.1) is 6.92 Å². The maximum Gasteiger partial charge on any atom is 0.346 e. The second-order valence-electron chi connectivity index (χ2n) is 4.90. The predicted octanol–water partition coefficient (Wildman–Crippen LogP) is 2.18. The Kier molecular flexibility index (Phi) is 5.41. The largest absolute Gasteiger partial charge is 0.496 e. The van der Waals surface area contributed by atoms with Crippen molar-refractivity contribution < 1.29 is 28.3 Å². The molecule has 0 radical (unpaired) electrons. The van der Waals surface area contributed by atoms with Gasteiger partial charge in [-0.3, -0.25) is 4.79 Å². The van der Waals surface area contributed by atoms with Gasteiger partial charge in [0.1, 0.15) is 22.8 Å². The topological polar surface area (TPSA) is 99.9 Å². The highest BCUT2D eigenvalue weighted by atomic mass is 16.6. The van der Waals surface area contributed by atoms with E-state index in [-0.39, 0.29) is 11.4 Å². The number of amides is 1. The van der Waals surface area contributed by atoms with Gasteiger partial charge in [0.05, 0.1) is 14.2 Å². The highest BCUT2D eigenvalue weighted by molar-refractivity contribution is 5.99. The molecular weight excluding hydrogens is 316 g/mol. The first-order chi connectivity index (χ1) is 11.5. The van der Waals surface area contributed by atoms with Crippen molar-refractivity contribution in [1.82, 2.24) is 5.16 Å². The molecule has 0 saturated carbocycles. The number of esters is 1. The number of carbonyl (C=O) groups excluding carboxylic acids is 2. The first-order valence-corrected chi connectivity index (χ1v) is 7.12. The summed E-state index contributed by atoms with van der Waals surface area (Å²) < 4.78 is 20.3. The second kappa shape index (κ2) is 7.49. The summed E-state index contributed by atoms with van der Waals surface area (Å²) in [6.07, 6.45) is -1.05. The number of methoxy groups -OCH3 is 2. The van der Waals surface area contributed by atoms with E-state index in [1.807, 2.05) is 0 Å². The van der Waals surface area contributed by atoms with Gasteiger partial charge in [0.15, 0.2) is 11.9 Å². The van der Waals surface area contributed by atoms with Crippen LogP contribution >= 0.6 is 0 Å². The molecule has 2 aromatic rings. The summed E-state index contributed by atoms with van der Waals surface area (Å²) in [7, 11) is 2.85. The van der Waals surface area contributed by atoms with E-state index in [0.29, 0.717) is 17.3 Å². The molecule has 24 heavy (non-hydrogen) atoms. The third kappa shape index (κ3) is 3.83. The number of aromatic nitrogens is 1. The fraction of sp³-hybridized carbons (Fsp3) is 0.312. The minimum absolute atomic E-state index is 0.111. The lowest BCUT2D eigenvalue weighted by Gasteiger charge is -2.15. The number of aryl methyl sites for hydroxylation is 1. The van der Waals surface area contributed by atoms with Crippen LogP contribution in [-0.2, 0) is 9.53 Å². The molecule has 128 valence electrons. The molecule has 0 unspecified atom stereocenters. The van der Waals surface area contributed by atoms with Crippen molar-refractivity contribution in [2.75, 3.05) is 19.5 Å². The van der Waals surface area contributed by atoms with Gasteiger partial charge in [0, 0.05) is 6.07 Å². The van der Waals surface area contributed by atoms with E-state index in [9.17, 15) is 9.59 Å². The number of nitrogens with one attached hydrogen (secondary N) is 1. The monoisotopic (exact) mass is 334 g/mol. The summed E-state index contributed by atoms with van der Waals surface area (Å²) in [6.45, 7) is 3.14. The Bertz CT molecular complexity index is 718. The van der Waals surface area contributed by atoms with Crippen LogP contribution in [0.1, 0.15) is 23.0 Å². The number of carbonyl (C=O) groups is 2. The number of anilines is 1. The lowest BCUT2D eigenvalue weighted by atomic mass is 10.1. The molecule has 1 atom stereocenters. The average Bonchev–Trinajstić information content (AvgIpc) is 2.98. The van der Waals surface area contributed by atoms with E-state index >= 15 is 0 Å². The van der Waals surface area contributed by atoms with Gasteiger partial charge in [-0.25, -0.2) is 4.79 Å². The molecule has 8 heteroatoms. The van der Waals surface area contributed by atoms with Gasteiger partial charge >= 0.3 is 5.97 Å². The van der Waals surface area contributed by atoms with Gasteiger partial charge in [-0.15, -0.1) is 0 Å². The predicted molar refractivity (Wildman–Crippen MR) is 84.3 cm³/mol. The molecule has 0 fully saturated rings. The van der Waals surface area contributed by atoms with Crippen LogP contribution in [0.4, 0.5) is 5.82 Å². The molecule has 1 amide bonds. The van der Waals surface area contributed by atoms with Gasteiger partial charge in [-0.1, -0.05) is 11.2 Å². The SMILES string of the molecule is COc1cccc(OC)c1C(=O)O[C@@H](C)C(=O)Nc1cc(C)on1. The Hall–Kier alpha value is -3.03. The highest BCUT2D eigenvalue weighted by Crippen LogP contribution is 2.29. The molecule has 1 N–H and O–H groups in total. The van der Waals surface area contributed by atoms with Crippen molar-refractivity contribution in [2.45, 2.75) is 20.0 Å². The van der Waals surface area contributed by atoms with Crippen molar-refractivity contribution in [2.24, 2.45) is 0 Å². The van der Waals surface area contributed by atoms with Crippen LogP contribution in [0.2, 0.25) is 0 Å². The van der Waals surface area contributed by atoms with Crippen molar-refractivity contribution in [3.05, 3.63) is 35.6 Å². The third-order valence-electron chi connectivity index (χ3n) is 3.16. The van der Waals surface area contributed by atoms with Crippen molar-refractivity contribution in [3.8, 4) is 11.5 Å². The molecule has 0 aliphatic heterocycles. The van der Waals surface area contributed by atoms with Crippen molar-refractivity contribution in [3.63, 3.8) is 0 Å². The third-order valence-corrected chi connectivity index (χ3v) is 3.16. The summed E-state index contributed by atoms with van der Waals surface area (Å²) in [5.41, 5.74) is 0.111. The fourth-order valence-corrected chi connectivity index (χ4v) is 1.98. The molecule has 0 spiro atoms. The molecule has 0 saturated heterocycles. The van der Waals surface area contributed by atoms with E-state index in [4.69, 9.17) is 18.7 Å². The molecule has 1 aromatic heterocycles. The lowest BCUT2D eigenvalue weighted by molar-refractivity contribution is -0.123. The smallest absolute Gasteiger partial charge is 0.346 e. The zero-order valence-electron chi connectivity index (χ0n) is 13.8. The van der Waals surface area contributed by atoms with Gasteiger partial charge < -0.3 is 24.1 Å². The Balaban J connectivity index is 2.10. The maximum absolute atomic E-state index is 12.4. The van der Waals surface area contributed by atoms with E-state index in [2.05, 4.69) is 10.5 Å². The lowest BCUT2D eigenvalue weighted by Crippen LogP contribution is -2.30. The Morgan fingerprint density at radius 1 is 1.21 bits per heavy atom. The molecule has 2 rings (SSSR count). The highest BCUT2D eigenvalue weighted by Gasteiger charge is 2.25. The van der Waals surface area contributed by atoms with Gasteiger partial charge in [0.2, 0.25) is 0 Å². The van der Waals surface area contributed by atoms with Crippen LogP contribution in [0.5, 0.6) is 11.5 Å². The Morgan fingerprint density at radius 3 is 2.33 bits per heavy atom. The van der Waals surface area contributed by atoms with E-state index < -0.39 is 18.0 Å². The Labute approximate surface area is 138 Å². The number of rotatable bonds is 6. The second-order valence-corrected chi connectivity index (χ2v) is 4.90. The van der Waals surface area contributed by atoms with E-state index in [1.54, 1.807) is 31.2 Å². The van der Waals surface area contributed by atoms with Crippen LogP contribution in [0.3, 0.4) is 0 Å². The molecular formula is C16H18N2O6. The fourth-order valence-electron chi connectivity index (χ4n) is 1.98. The summed E-state index contributed by atoms with van der Waals surface area (Å²) in [4.78, 5) is 24.4. The number of ether oxygens (including phenoxy) is 3. The first-order valence-electron chi connectivity index (χ1n) is 7.12. The molecule has 0 bridgehead atoms. The summed E-state index contributed by atoms with van der Waals surface area (Å²) >= 11 is 0. The molecule has 0 aliphatic rings. The normalized spacial score (nSPS) is 11.5. The van der Waals surface area contributed by atoms with Crippen LogP contribution in [0.25, 0.3) is 0 Å². The maximum atomic E-state index is 12.4. The molecule has 0 aliphatic carbocycles. The van der Waals surface area contributed by atoms with Crippen LogP contribution in [0.15, 0.2) is 28.8 Å². The first kappa shape index (κ1) is 17.3. The molecule has 1 aromatic carbocycles. The minimum atomic E-state index is -1.05. The summed E-state index contributed by atoms with van der Waals surface area (Å²) in [5.74, 6) is 0.107. The standard InChI is InChI=1S/C16H18N2O6/c1-9-8-13(18-24-9)17-15(19)10(2)23-16(20)14-11(21-3)6-5-7-12(14)22-4/h5-8,10H,1-4H3,(H,17,18,19)/t10-/m0/s1.